The van der Waals surface area contributed by atoms with E-state index in [1.54, 1.807) is 31.2 Å². The lowest BCUT2D eigenvalue weighted by atomic mass is 10.1. The third kappa shape index (κ3) is 5.82. The molecule has 2 aromatic carbocycles. The third-order valence-corrected chi connectivity index (χ3v) is 4.21. The number of halogens is 1. The molecule has 0 bridgehead atoms. The second kappa shape index (κ2) is 9.73. The average molecular weight is 389 g/mol. The zero-order valence-electron chi connectivity index (χ0n) is 15.2. The minimum Gasteiger partial charge on any atom is -0.465 e. The number of esters is 1. The molecule has 0 heterocycles. The molecule has 7 heteroatoms. The van der Waals surface area contributed by atoms with Crippen LogP contribution in [-0.2, 0) is 16.1 Å². The highest BCUT2D eigenvalue weighted by molar-refractivity contribution is 6.30. The summed E-state index contributed by atoms with van der Waals surface area (Å²) in [6, 6.07) is 13.3. The van der Waals surface area contributed by atoms with E-state index in [-0.39, 0.29) is 18.4 Å². The van der Waals surface area contributed by atoms with Crippen LogP contribution in [0.1, 0.15) is 33.2 Å². The van der Waals surface area contributed by atoms with E-state index >= 15 is 0 Å². The second-order valence-electron chi connectivity index (χ2n) is 5.79. The molecule has 0 aromatic heterocycles. The van der Waals surface area contributed by atoms with Crippen molar-refractivity contribution in [3.8, 4) is 0 Å². The number of nitrogens with one attached hydrogen (secondary N) is 1. The van der Waals surface area contributed by atoms with Crippen molar-refractivity contribution in [2.24, 2.45) is 0 Å². The Balaban J connectivity index is 1.94. The smallest absolute Gasteiger partial charge is 0.337 e. The molecule has 0 aliphatic heterocycles. The van der Waals surface area contributed by atoms with Crippen molar-refractivity contribution >= 4 is 29.4 Å². The summed E-state index contributed by atoms with van der Waals surface area (Å²) in [7, 11) is 1.29. The minimum absolute atomic E-state index is 0.0539. The van der Waals surface area contributed by atoms with E-state index in [1.807, 2.05) is 12.1 Å². The Morgan fingerprint density at radius 1 is 1.00 bits per heavy atom. The van der Waals surface area contributed by atoms with Crippen LogP contribution >= 0.6 is 11.6 Å². The SMILES string of the molecule is CCN(CC(=O)NCc1ccc(Cl)cc1)C(=O)c1ccc(C(=O)OC)cc1. The van der Waals surface area contributed by atoms with Gasteiger partial charge in [0, 0.05) is 23.7 Å². The van der Waals surface area contributed by atoms with Crippen molar-refractivity contribution in [2.45, 2.75) is 13.5 Å². The molecular weight excluding hydrogens is 368 g/mol. The molecule has 0 atom stereocenters. The molecule has 6 nitrogen and oxygen atoms in total. The number of likely N-dealkylation sites (N-methyl/N-ethyl adjacent to an activating group) is 1. The Morgan fingerprint density at radius 2 is 1.59 bits per heavy atom. The maximum atomic E-state index is 12.6. The summed E-state index contributed by atoms with van der Waals surface area (Å²) >= 11 is 5.83. The van der Waals surface area contributed by atoms with Gasteiger partial charge in [-0.1, -0.05) is 23.7 Å². The van der Waals surface area contributed by atoms with Gasteiger partial charge < -0.3 is 15.0 Å². The van der Waals surface area contributed by atoms with Crippen LogP contribution in [0.5, 0.6) is 0 Å². The molecule has 1 N–H and O–H groups in total. The van der Waals surface area contributed by atoms with Gasteiger partial charge in [0.15, 0.2) is 0 Å². The van der Waals surface area contributed by atoms with E-state index in [9.17, 15) is 14.4 Å². The van der Waals surface area contributed by atoms with E-state index in [4.69, 9.17) is 11.6 Å². The van der Waals surface area contributed by atoms with Crippen LogP contribution in [-0.4, -0.2) is 42.9 Å². The predicted molar refractivity (Wildman–Crippen MR) is 103 cm³/mol. The topological polar surface area (TPSA) is 75.7 Å². The molecule has 0 saturated heterocycles. The Bertz CT molecular complexity index is 804. The molecule has 0 radical (unpaired) electrons. The van der Waals surface area contributed by atoms with Crippen molar-refractivity contribution < 1.29 is 19.1 Å². The zero-order valence-corrected chi connectivity index (χ0v) is 16.0. The van der Waals surface area contributed by atoms with E-state index in [0.29, 0.717) is 29.2 Å². The van der Waals surface area contributed by atoms with Crippen LogP contribution in [0, 0.1) is 0 Å². The van der Waals surface area contributed by atoms with Crippen LogP contribution in [0.15, 0.2) is 48.5 Å². The van der Waals surface area contributed by atoms with E-state index in [2.05, 4.69) is 10.1 Å². The number of carbonyl (C=O) groups excluding carboxylic acids is 3. The summed E-state index contributed by atoms with van der Waals surface area (Å²) < 4.78 is 4.63. The van der Waals surface area contributed by atoms with Crippen LogP contribution in [0.25, 0.3) is 0 Å². The average Bonchev–Trinajstić information content (AvgIpc) is 2.70. The van der Waals surface area contributed by atoms with Crippen molar-refractivity contribution in [1.29, 1.82) is 0 Å². The molecule has 0 spiro atoms. The highest BCUT2D eigenvalue weighted by Gasteiger charge is 2.18. The Hall–Kier alpha value is -2.86. The van der Waals surface area contributed by atoms with E-state index in [1.165, 1.54) is 24.1 Å². The predicted octanol–water partition coefficient (Wildman–Crippen LogP) is 2.91. The summed E-state index contributed by atoms with van der Waals surface area (Å²) in [4.78, 5) is 37.7. The van der Waals surface area contributed by atoms with E-state index < -0.39 is 5.97 Å². The van der Waals surface area contributed by atoms with Crippen LogP contribution in [0.3, 0.4) is 0 Å². The molecule has 142 valence electrons. The summed E-state index contributed by atoms with van der Waals surface area (Å²) in [5, 5.41) is 3.41. The molecule has 0 aliphatic rings. The Kier molecular flexibility index (Phi) is 7.37. The first-order chi connectivity index (χ1) is 12.9. The van der Waals surface area contributed by atoms with E-state index in [0.717, 1.165) is 5.56 Å². The number of methoxy groups -OCH3 is 1. The second-order valence-corrected chi connectivity index (χ2v) is 6.23. The molecule has 2 amide bonds. The molecule has 2 rings (SSSR count). The quantitative estimate of drug-likeness (QED) is 0.740. The van der Waals surface area contributed by atoms with Gasteiger partial charge in [0.25, 0.3) is 5.91 Å². The highest BCUT2D eigenvalue weighted by Crippen LogP contribution is 2.10. The summed E-state index contributed by atoms with van der Waals surface area (Å²) in [6.07, 6.45) is 0. The number of benzene rings is 2. The summed E-state index contributed by atoms with van der Waals surface area (Å²) in [5.74, 6) is -1.01. The van der Waals surface area contributed by atoms with Crippen molar-refractivity contribution in [1.82, 2.24) is 10.2 Å². The highest BCUT2D eigenvalue weighted by atomic mass is 35.5. The lowest BCUT2D eigenvalue weighted by Crippen LogP contribution is -2.40. The number of hydrogen-bond donors (Lipinski definition) is 1. The van der Waals surface area contributed by atoms with Gasteiger partial charge in [0.2, 0.25) is 5.91 Å². The minimum atomic E-state index is -0.470. The standard InChI is InChI=1S/C20H21ClN2O4/c1-3-23(13-18(24)22-12-14-4-10-17(21)11-5-14)19(25)15-6-8-16(9-7-15)20(26)27-2/h4-11H,3,12-13H2,1-2H3,(H,22,24). The lowest BCUT2D eigenvalue weighted by molar-refractivity contribution is -0.121. The maximum Gasteiger partial charge on any atom is 0.337 e. The fraction of sp³-hybridized carbons (Fsp3) is 0.250. The lowest BCUT2D eigenvalue weighted by Gasteiger charge is -2.20. The Labute approximate surface area is 163 Å². The summed E-state index contributed by atoms with van der Waals surface area (Å²) in [5.41, 5.74) is 1.67. The number of rotatable bonds is 7. The van der Waals surface area contributed by atoms with Crippen LogP contribution in [0.4, 0.5) is 0 Å². The number of carbonyl (C=O) groups is 3. The first-order valence-electron chi connectivity index (χ1n) is 8.43. The summed E-state index contributed by atoms with van der Waals surface area (Å²) in [6.45, 7) is 2.48. The molecule has 0 unspecified atom stereocenters. The van der Waals surface area contributed by atoms with Gasteiger partial charge in [-0.15, -0.1) is 0 Å². The van der Waals surface area contributed by atoms with Crippen LogP contribution in [0.2, 0.25) is 5.02 Å². The number of amides is 2. The first-order valence-corrected chi connectivity index (χ1v) is 8.81. The van der Waals surface area contributed by atoms with Gasteiger partial charge in [-0.25, -0.2) is 4.79 Å². The van der Waals surface area contributed by atoms with Gasteiger partial charge in [-0.3, -0.25) is 9.59 Å². The normalized spacial score (nSPS) is 10.2. The zero-order chi connectivity index (χ0) is 19.8. The van der Waals surface area contributed by atoms with Crippen molar-refractivity contribution in [2.75, 3.05) is 20.2 Å². The van der Waals surface area contributed by atoms with Gasteiger partial charge >= 0.3 is 5.97 Å². The van der Waals surface area contributed by atoms with Gasteiger partial charge in [-0.05, 0) is 48.9 Å². The first kappa shape index (κ1) is 20.5. The maximum absolute atomic E-state index is 12.6. The van der Waals surface area contributed by atoms with Crippen LogP contribution < -0.4 is 5.32 Å². The van der Waals surface area contributed by atoms with Gasteiger partial charge in [0.1, 0.15) is 0 Å². The van der Waals surface area contributed by atoms with Gasteiger partial charge in [0.05, 0.1) is 19.2 Å². The fourth-order valence-corrected chi connectivity index (χ4v) is 2.53. The fourth-order valence-electron chi connectivity index (χ4n) is 2.41. The largest absolute Gasteiger partial charge is 0.465 e. The number of nitrogens with zero attached hydrogens (tertiary/aromatic N) is 1. The van der Waals surface area contributed by atoms with Crippen molar-refractivity contribution in [3.63, 3.8) is 0 Å². The third-order valence-electron chi connectivity index (χ3n) is 3.96. The monoisotopic (exact) mass is 388 g/mol. The Morgan fingerprint density at radius 3 is 2.15 bits per heavy atom. The number of hydrogen-bond acceptors (Lipinski definition) is 4. The molecule has 0 aliphatic carbocycles. The van der Waals surface area contributed by atoms with Crippen molar-refractivity contribution in [3.05, 3.63) is 70.2 Å². The molecule has 0 saturated carbocycles. The molecule has 2 aromatic rings. The molecule has 27 heavy (non-hydrogen) atoms. The molecular formula is C20H21ClN2O4. The van der Waals surface area contributed by atoms with Gasteiger partial charge in [-0.2, -0.15) is 0 Å². The molecule has 0 fully saturated rings. The number of ether oxygens (including phenoxy) is 1.